The van der Waals surface area contributed by atoms with Crippen LogP contribution in [0, 0.1) is 0 Å². The molecule has 0 spiro atoms. The lowest BCUT2D eigenvalue weighted by atomic mass is 10.1. The van der Waals surface area contributed by atoms with Crippen molar-refractivity contribution in [3.05, 3.63) is 30.3 Å². The molecule has 7 heteroatoms. The number of urea groups is 1. The van der Waals surface area contributed by atoms with E-state index in [1.807, 2.05) is 30.3 Å². The van der Waals surface area contributed by atoms with Crippen LogP contribution in [0.1, 0.15) is 13.3 Å². The summed E-state index contributed by atoms with van der Waals surface area (Å²) in [6.07, 6.45) is 0.776. The lowest BCUT2D eigenvalue weighted by Gasteiger charge is -2.36. The topological polar surface area (TPSA) is 103 Å². The number of anilines is 1. The second-order valence-electron chi connectivity index (χ2n) is 5.16. The molecule has 1 aliphatic rings. The highest BCUT2D eigenvalue weighted by Gasteiger charge is 2.25. The van der Waals surface area contributed by atoms with Crippen molar-refractivity contribution in [1.82, 2.24) is 21.3 Å². The monoisotopic (exact) mass is 292 g/mol. The van der Waals surface area contributed by atoms with E-state index in [9.17, 15) is 4.79 Å². The van der Waals surface area contributed by atoms with Gasteiger partial charge in [0.25, 0.3) is 0 Å². The Hall–Kier alpha value is -1.67. The van der Waals surface area contributed by atoms with Crippen LogP contribution >= 0.6 is 0 Å². The van der Waals surface area contributed by atoms with Crippen molar-refractivity contribution in [3.8, 4) is 0 Å². The van der Waals surface area contributed by atoms with Gasteiger partial charge in [-0.05, 0) is 25.5 Å². The van der Waals surface area contributed by atoms with E-state index in [1.54, 1.807) is 0 Å². The summed E-state index contributed by atoms with van der Waals surface area (Å²) < 4.78 is 0. The normalized spacial score (nSPS) is 25.3. The van der Waals surface area contributed by atoms with Crippen molar-refractivity contribution in [1.29, 1.82) is 0 Å². The highest BCUT2D eigenvalue weighted by molar-refractivity contribution is 5.89. The number of rotatable bonds is 5. The van der Waals surface area contributed by atoms with Crippen molar-refractivity contribution in [2.75, 3.05) is 18.4 Å². The molecule has 0 aromatic heterocycles. The van der Waals surface area contributed by atoms with Gasteiger partial charge in [0.15, 0.2) is 0 Å². The number of nitrogens with one attached hydrogen (secondary N) is 5. The summed E-state index contributed by atoms with van der Waals surface area (Å²) >= 11 is 0. The van der Waals surface area contributed by atoms with E-state index in [0.29, 0.717) is 12.6 Å². The van der Waals surface area contributed by atoms with Gasteiger partial charge in [-0.2, -0.15) is 0 Å². The second-order valence-corrected chi connectivity index (χ2v) is 5.16. The molecule has 2 amide bonds. The zero-order valence-electron chi connectivity index (χ0n) is 12.2. The Labute approximate surface area is 125 Å². The second kappa shape index (κ2) is 7.94. The first-order valence-electron chi connectivity index (χ1n) is 7.25. The summed E-state index contributed by atoms with van der Waals surface area (Å²) in [6, 6.07) is 9.39. The maximum Gasteiger partial charge on any atom is 0.321 e. The van der Waals surface area contributed by atoms with Crippen LogP contribution in [0.5, 0.6) is 0 Å². The van der Waals surface area contributed by atoms with E-state index in [0.717, 1.165) is 18.7 Å². The zero-order chi connectivity index (χ0) is 15.1. The van der Waals surface area contributed by atoms with Crippen molar-refractivity contribution in [2.45, 2.75) is 31.8 Å². The third kappa shape index (κ3) is 5.31. The van der Waals surface area contributed by atoms with Gasteiger partial charge in [-0.3, -0.25) is 10.6 Å². The Balaban J connectivity index is 1.82. The Morgan fingerprint density at radius 1 is 1.33 bits per heavy atom. The van der Waals surface area contributed by atoms with E-state index >= 15 is 0 Å². The van der Waals surface area contributed by atoms with Crippen LogP contribution in [0.4, 0.5) is 10.5 Å². The van der Waals surface area contributed by atoms with E-state index in [-0.39, 0.29) is 18.5 Å². The quantitative estimate of drug-likeness (QED) is 0.456. The molecule has 3 atom stereocenters. The van der Waals surface area contributed by atoms with Gasteiger partial charge in [0, 0.05) is 24.8 Å². The SMILES string of the molecule is CC1CC(NCCN)NC(NC(=O)Nc2ccccc2)N1. The first-order chi connectivity index (χ1) is 10.2. The van der Waals surface area contributed by atoms with Crippen molar-refractivity contribution < 1.29 is 4.79 Å². The molecule has 1 aromatic carbocycles. The van der Waals surface area contributed by atoms with Crippen LogP contribution in [0.2, 0.25) is 0 Å². The smallest absolute Gasteiger partial charge is 0.321 e. The fraction of sp³-hybridized carbons (Fsp3) is 0.500. The highest BCUT2D eigenvalue weighted by atomic mass is 16.2. The van der Waals surface area contributed by atoms with E-state index < -0.39 is 0 Å². The van der Waals surface area contributed by atoms with Crippen LogP contribution in [0.15, 0.2) is 30.3 Å². The Kier molecular flexibility index (Phi) is 5.94. The first-order valence-corrected chi connectivity index (χ1v) is 7.25. The van der Waals surface area contributed by atoms with Gasteiger partial charge in [0.2, 0.25) is 0 Å². The molecule has 7 N–H and O–H groups in total. The molecule has 1 aromatic rings. The molecule has 21 heavy (non-hydrogen) atoms. The number of nitrogens with two attached hydrogens (primary N) is 1. The third-order valence-electron chi connectivity index (χ3n) is 3.25. The minimum Gasteiger partial charge on any atom is -0.329 e. The number of hydrogen-bond donors (Lipinski definition) is 6. The predicted octanol–water partition coefficient (Wildman–Crippen LogP) is -0.0625. The van der Waals surface area contributed by atoms with Gasteiger partial charge in [0.1, 0.15) is 6.29 Å². The highest BCUT2D eigenvalue weighted by Crippen LogP contribution is 2.05. The molecular weight excluding hydrogens is 268 g/mol. The summed E-state index contributed by atoms with van der Waals surface area (Å²) in [6.45, 7) is 3.42. The number of benzene rings is 1. The Morgan fingerprint density at radius 3 is 2.81 bits per heavy atom. The van der Waals surface area contributed by atoms with Gasteiger partial charge < -0.3 is 21.7 Å². The van der Waals surface area contributed by atoms with Crippen LogP contribution in [0.25, 0.3) is 0 Å². The molecule has 1 aliphatic heterocycles. The van der Waals surface area contributed by atoms with Gasteiger partial charge in [-0.1, -0.05) is 18.2 Å². The Morgan fingerprint density at radius 2 is 2.10 bits per heavy atom. The van der Waals surface area contributed by atoms with Crippen molar-refractivity contribution in [3.63, 3.8) is 0 Å². The molecule has 1 fully saturated rings. The summed E-state index contributed by atoms with van der Waals surface area (Å²) in [7, 11) is 0. The zero-order valence-corrected chi connectivity index (χ0v) is 12.2. The molecule has 1 heterocycles. The summed E-state index contributed by atoms with van der Waals surface area (Å²) in [4.78, 5) is 12.0. The summed E-state index contributed by atoms with van der Waals surface area (Å²) in [5.41, 5.74) is 6.26. The minimum atomic E-state index is -0.285. The number of hydrogen-bond acceptors (Lipinski definition) is 5. The molecule has 116 valence electrons. The third-order valence-corrected chi connectivity index (χ3v) is 3.25. The lowest BCUT2D eigenvalue weighted by Crippen LogP contribution is -2.68. The molecular formula is C14H24N6O. The minimum absolute atomic E-state index is 0.131. The fourth-order valence-electron chi connectivity index (χ4n) is 2.33. The van der Waals surface area contributed by atoms with Gasteiger partial charge in [0.05, 0.1) is 6.17 Å². The van der Waals surface area contributed by atoms with Gasteiger partial charge in [-0.25, -0.2) is 4.79 Å². The molecule has 0 radical (unpaired) electrons. The predicted molar refractivity (Wildman–Crippen MR) is 83.6 cm³/mol. The molecule has 2 rings (SSSR count). The number of carbonyl (C=O) groups excluding carboxylic acids is 1. The van der Waals surface area contributed by atoms with Crippen LogP contribution in [-0.2, 0) is 0 Å². The average Bonchev–Trinajstić information content (AvgIpc) is 2.45. The molecule has 0 saturated carbocycles. The standard InChI is InChI=1S/C14H24N6O/c1-10-9-12(16-8-7-15)19-13(17-10)20-14(21)18-11-5-3-2-4-6-11/h2-6,10,12-13,16-17,19H,7-9,15H2,1H3,(H2,18,20,21). The summed E-state index contributed by atoms with van der Waals surface area (Å²) in [5.74, 6) is 0. The van der Waals surface area contributed by atoms with Crippen LogP contribution in [0.3, 0.4) is 0 Å². The lowest BCUT2D eigenvalue weighted by molar-refractivity contribution is 0.194. The summed E-state index contributed by atoms with van der Waals surface area (Å²) in [5, 5.41) is 15.5. The van der Waals surface area contributed by atoms with Crippen LogP contribution in [-0.4, -0.2) is 37.6 Å². The van der Waals surface area contributed by atoms with Crippen molar-refractivity contribution in [2.24, 2.45) is 5.73 Å². The van der Waals surface area contributed by atoms with E-state index in [2.05, 4.69) is 33.5 Å². The van der Waals surface area contributed by atoms with Crippen LogP contribution < -0.4 is 32.3 Å². The fourth-order valence-corrected chi connectivity index (χ4v) is 2.33. The van der Waals surface area contributed by atoms with Crippen molar-refractivity contribution >= 4 is 11.7 Å². The maximum atomic E-state index is 12.0. The largest absolute Gasteiger partial charge is 0.329 e. The molecule has 1 saturated heterocycles. The maximum absolute atomic E-state index is 12.0. The molecule has 3 unspecified atom stereocenters. The van der Waals surface area contributed by atoms with Gasteiger partial charge >= 0.3 is 6.03 Å². The first kappa shape index (κ1) is 15.7. The average molecular weight is 292 g/mol. The molecule has 0 aliphatic carbocycles. The number of para-hydroxylation sites is 1. The number of amides is 2. The number of carbonyl (C=O) groups is 1. The van der Waals surface area contributed by atoms with E-state index in [1.165, 1.54) is 0 Å². The van der Waals surface area contributed by atoms with Gasteiger partial charge in [-0.15, -0.1) is 0 Å². The molecule has 7 nitrogen and oxygen atoms in total. The molecule has 0 bridgehead atoms. The Bertz CT molecular complexity index is 440. The van der Waals surface area contributed by atoms with E-state index in [4.69, 9.17) is 5.73 Å².